The van der Waals surface area contributed by atoms with Gasteiger partial charge in [-0.2, -0.15) is 5.26 Å². The number of nitrogens with zero attached hydrogens (tertiary/aromatic N) is 5. The lowest BCUT2D eigenvalue weighted by molar-refractivity contribution is 0.0563. The number of pyridine rings is 1. The number of fused-ring (bicyclic) bond motifs is 1. The number of rotatable bonds is 5. The zero-order valence-corrected chi connectivity index (χ0v) is 23.2. The first kappa shape index (κ1) is 26.1. The number of amides is 1. The molecule has 5 aromatic rings. The van der Waals surface area contributed by atoms with Gasteiger partial charge in [0, 0.05) is 66.0 Å². The molecule has 0 radical (unpaired) electrons. The van der Waals surface area contributed by atoms with Crippen molar-refractivity contribution in [2.75, 3.05) is 25.1 Å². The van der Waals surface area contributed by atoms with E-state index in [0.717, 1.165) is 57.7 Å². The molecule has 0 saturated carbocycles. The molecule has 1 fully saturated rings. The average Bonchev–Trinajstić information content (AvgIpc) is 3.55. The highest BCUT2D eigenvalue weighted by Crippen LogP contribution is 2.39. The molecule has 0 spiro atoms. The number of piperazine rings is 1. The van der Waals surface area contributed by atoms with Crippen molar-refractivity contribution >= 4 is 22.5 Å². The third-order valence-electron chi connectivity index (χ3n) is 7.77. The first-order chi connectivity index (χ1) is 20.0. The molecule has 2 aromatic heterocycles. The van der Waals surface area contributed by atoms with Gasteiger partial charge >= 0.3 is 0 Å². The average molecular weight is 543 g/mol. The Balaban J connectivity index is 1.27. The second-order valence-electron chi connectivity index (χ2n) is 10.4. The van der Waals surface area contributed by atoms with E-state index in [9.17, 15) is 4.79 Å². The molecule has 6 rings (SSSR count). The lowest BCUT2D eigenvalue weighted by Gasteiger charge is -2.45. The van der Waals surface area contributed by atoms with Crippen molar-refractivity contribution < 1.29 is 9.53 Å². The number of ether oxygens (including phenoxy) is 1. The number of nitriles is 1. The van der Waals surface area contributed by atoms with E-state index in [1.807, 2.05) is 53.6 Å². The van der Waals surface area contributed by atoms with Gasteiger partial charge in [-0.15, -0.1) is 0 Å². The maximum absolute atomic E-state index is 13.0. The molecule has 2 atom stereocenters. The second-order valence-corrected chi connectivity index (χ2v) is 10.4. The van der Waals surface area contributed by atoms with Crippen LogP contribution in [0.15, 0.2) is 85.3 Å². The smallest absolute Gasteiger partial charge is 0.290 e. The fourth-order valence-electron chi connectivity index (χ4n) is 5.87. The zero-order valence-electron chi connectivity index (χ0n) is 23.2. The monoisotopic (exact) mass is 542 g/mol. The van der Waals surface area contributed by atoms with Gasteiger partial charge in [-0.05, 0) is 55.3 Å². The number of anilines is 1. The van der Waals surface area contributed by atoms with Gasteiger partial charge in [-0.25, -0.2) is 4.98 Å². The lowest BCUT2D eigenvalue weighted by Crippen LogP contribution is -2.59. The topological polar surface area (TPSA) is 98.1 Å². The Hall–Kier alpha value is -5.16. The Bertz CT molecular complexity index is 1730. The molecule has 3 heterocycles. The lowest BCUT2D eigenvalue weighted by atomic mass is 9.97. The van der Waals surface area contributed by atoms with Gasteiger partial charge in [0.1, 0.15) is 5.75 Å². The molecule has 1 amide bonds. The van der Waals surface area contributed by atoms with Crippen LogP contribution in [0.25, 0.3) is 33.2 Å². The van der Waals surface area contributed by atoms with Gasteiger partial charge in [0.05, 0.1) is 24.3 Å². The number of para-hydroxylation sites is 1. The van der Waals surface area contributed by atoms with Crippen LogP contribution in [0, 0.1) is 11.3 Å². The molecule has 41 heavy (non-hydrogen) atoms. The second kappa shape index (κ2) is 10.8. The van der Waals surface area contributed by atoms with Crippen LogP contribution in [0.1, 0.15) is 30.0 Å². The van der Waals surface area contributed by atoms with Gasteiger partial charge in [0.25, 0.3) is 5.91 Å². The molecule has 0 aliphatic carbocycles. The standard InChI is InChI=1S/C33H30N6O2/c1-21-19-38(20-22(2)39(21)33(40)32-35-15-16-36-32)26-13-11-25(12-14-26)29-18-37-30-27(5-4-6-28(30)31(29)41-3)24-9-7-23(17-34)8-10-24/h4-16,18,21-22H,19-20H2,1-3H3,(H,35,36)/t21-,22?/m0/s1. The number of hydrogen-bond donors (Lipinski definition) is 1. The molecule has 8 heteroatoms. The van der Waals surface area contributed by atoms with Crippen LogP contribution in [0.4, 0.5) is 5.69 Å². The van der Waals surface area contributed by atoms with Crippen molar-refractivity contribution in [3.8, 4) is 34.1 Å². The predicted molar refractivity (Wildman–Crippen MR) is 160 cm³/mol. The molecular formula is C33H30N6O2. The van der Waals surface area contributed by atoms with Gasteiger partial charge in [-0.3, -0.25) is 9.78 Å². The van der Waals surface area contributed by atoms with Gasteiger partial charge in [0.2, 0.25) is 0 Å². The van der Waals surface area contributed by atoms with Crippen LogP contribution in [0.2, 0.25) is 0 Å². The van der Waals surface area contributed by atoms with Crippen molar-refractivity contribution in [3.63, 3.8) is 0 Å². The number of imidazole rings is 1. The summed E-state index contributed by atoms with van der Waals surface area (Å²) < 4.78 is 5.94. The molecule has 1 aliphatic heterocycles. The van der Waals surface area contributed by atoms with Crippen LogP contribution < -0.4 is 9.64 Å². The minimum absolute atomic E-state index is 0.0334. The van der Waals surface area contributed by atoms with E-state index in [2.05, 4.69) is 59.1 Å². The molecular weight excluding hydrogens is 512 g/mol. The third-order valence-corrected chi connectivity index (χ3v) is 7.77. The number of aromatic nitrogens is 3. The van der Waals surface area contributed by atoms with E-state index in [4.69, 9.17) is 15.0 Å². The summed E-state index contributed by atoms with van der Waals surface area (Å²) in [7, 11) is 1.69. The number of methoxy groups -OCH3 is 1. The molecule has 8 nitrogen and oxygen atoms in total. The van der Waals surface area contributed by atoms with Crippen molar-refractivity contribution in [3.05, 3.63) is 96.7 Å². The van der Waals surface area contributed by atoms with E-state index in [-0.39, 0.29) is 18.0 Å². The largest absolute Gasteiger partial charge is 0.495 e. The summed E-state index contributed by atoms with van der Waals surface area (Å²) in [5, 5.41) is 10.1. The summed E-state index contributed by atoms with van der Waals surface area (Å²) in [6, 6.07) is 24.3. The van der Waals surface area contributed by atoms with Crippen LogP contribution in [-0.4, -0.2) is 58.0 Å². The van der Waals surface area contributed by atoms with Crippen molar-refractivity contribution in [1.29, 1.82) is 5.26 Å². The Morgan fingerprint density at radius 3 is 2.27 bits per heavy atom. The summed E-state index contributed by atoms with van der Waals surface area (Å²) in [4.78, 5) is 29.2. The highest BCUT2D eigenvalue weighted by atomic mass is 16.5. The molecule has 1 saturated heterocycles. The first-order valence-electron chi connectivity index (χ1n) is 13.6. The SMILES string of the molecule is COc1c(-c2ccc(N3CC(C)N(C(=O)c4ncc[nH]4)[C@@H](C)C3)cc2)cnc2c(-c3ccc(C#N)cc3)cccc12. The minimum atomic E-state index is -0.0664. The number of hydrogen-bond acceptors (Lipinski definition) is 6. The van der Waals surface area contributed by atoms with Gasteiger partial charge in [0.15, 0.2) is 5.82 Å². The van der Waals surface area contributed by atoms with Gasteiger partial charge in [-0.1, -0.05) is 36.4 Å². The van der Waals surface area contributed by atoms with Crippen LogP contribution in [0.3, 0.4) is 0 Å². The fraction of sp³-hybridized carbons (Fsp3) is 0.212. The normalized spacial score (nSPS) is 16.9. The molecule has 1 N–H and O–H groups in total. The molecule has 1 unspecified atom stereocenters. The summed E-state index contributed by atoms with van der Waals surface area (Å²) in [5.41, 5.74) is 6.48. The highest BCUT2D eigenvalue weighted by Gasteiger charge is 2.34. The third kappa shape index (κ3) is 4.76. The number of benzene rings is 3. The van der Waals surface area contributed by atoms with E-state index in [1.54, 1.807) is 19.5 Å². The predicted octanol–water partition coefficient (Wildman–Crippen LogP) is 5.91. The van der Waals surface area contributed by atoms with Crippen molar-refractivity contribution in [2.24, 2.45) is 0 Å². The number of nitrogens with one attached hydrogen (secondary N) is 1. The minimum Gasteiger partial charge on any atom is -0.495 e. The summed E-state index contributed by atoms with van der Waals surface area (Å²) in [5.74, 6) is 1.08. The van der Waals surface area contributed by atoms with E-state index in [0.29, 0.717) is 11.4 Å². The summed E-state index contributed by atoms with van der Waals surface area (Å²) >= 11 is 0. The number of carbonyl (C=O) groups is 1. The molecule has 0 bridgehead atoms. The van der Waals surface area contributed by atoms with E-state index in [1.165, 1.54) is 0 Å². The number of H-pyrrole nitrogens is 1. The Labute approximate surface area is 238 Å². The van der Waals surface area contributed by atoms with Gasteiger partial charge < -0.3 is 19.5 Å². The van der Waals surface area contributed by atoms with E-state index >= 15 is 0 Å². The summed E-state index contributed by atoms with van der Waals surface area (Å²) in [6.07, 6.45) is 5.15. The fourth-order valence-corrected chi connectivity index (χ4v) is 5.87. The van der Waals surface area contributed by atoms with Crippen molar-refractivity contribution in [1.82, 2.24) is 19.9 Å². The number of aromatic amines is 1. The quantitative estimate of drug-likeness (QED) is 0.296. The molecule has 3 aromatic carbocycles. The van der Waals surface area contributed by atoms with Crippen LogP contribution in [-0.2, 0) is 0 Å². The maximum Gasteiger partial charge on any atom is 0.290 e. The number of carbonyl (C=O) groups excluding carboxylic acids is 1. The Morgan fingerprint density at radius 2 is 1.63 bits per heavy atom. The highest BCUT2D eigenvalue weighted by molar-refractivity contribution is 6.00. The molecule has 204 valence electrons. The van der Waals surface area contributed by atoms with Crippen molar-refractivity contribution in [2.45, 2.75) is 25.9 Å². The summed E-state index contributed by atoms with van der Waals surface area (Å²) in [6.45, 7) is 5.62. The first-order valence-corrected chi connectivity index (χ1v) is 13.6. The van der Waals surface area contributed by atoms with Crippen LogP contribution in [0.5, 0.6) is 5.75 Å². The Kier molecular flexibility index (Phi) is 6.86. The van der Waals surface area contributed by atoms with Crippen LogP contribution >= 0.6 is 0 Å². The van der Waals surface area contributed by atoms with E-state index < -0.39 is 0 Å². The molecule has 1 aliphatic rings. The zero-order chi connectivity index (χ0) is 28.5. The maximum atomic E-state index is 13.0. The Morgan fingerprint density at radius 1 is 0.951 bits per heavy atom.